The van der Waals surface area contributed by atoms with E-state index in [1.165, 1.54) is 25.0 Å². The fraction of sp³-hybridized carbons (Fsp3) is 0.571. The highest BCUT2D eigenvalue weighted by Crippen LogP contribution is 2.36. The van der Waals surface area contributed by atoms with Crippen molar-refractivity contribution in [2.75, 3.05) is 31.1 Å². The molecule has 2 atom stereocenters. The van der Waals surface area contributed by atoms with Gasteiger partial charge in [-0.25, -0.2) is 9.97 Å². The average Bonchev–Trinajstić information content (AvgIpc) is 2.72. The lowest BCUT2D eigenvalue weighted by atomic mass is 9.83. The van der Waals surface area contributed by atoms with E-state index in [-0.39, 0.29) is 5.56 Å². The van der Waals surface area contributed by atoms with Crippen LogP contribution in [0.3, 0.4) is 0 Å². The molecule has 3 aliphatic heterocycles. The first-order valence-electron chi connectivity index (χ1n) is 10.3. The van der Waals surface area contributed by atoms with Crippen LogP contribution in [0.25, 0.3) is 0 Å². The molecule has 0 N–H and O–H groups in total. The Morgan fingerprint density at radius 1 is 1.04 bits per heavy atom. The van der Waals surface area contributed by atoms with Crippen molar-refractivity contribution in [1.29, 1.82) is 0 Å². The summed E-state index contributed by atoms with van der Waals surface area (Å²) >= 11 is 5.93. The minimum Gasteiger partial charge on any atom is -0.340 e. The SMILES string of the molecule is O=c1c(CN2CCCCC2)ccc2n1C[C@H]1C[C@@H]2CN(c2ncc(Cl)cn2)C1. The summed E-state index contributed by atoms with van der Waals surface area (Å²) in [5.41, 5.74) is 2.33. The van der Waals surface area contributed by atoms with E-state index in [9.17, 15) is 4.79 Å². The van der Waals surface area contributed by atoms with Crippen LogP contribution >= 0.6 is 11.6 Å². The minimum absolute atomic E-state index is 0.217. The number of anilines is 1. The molecule has 0 radical (unpaired) electrons. The zero-order chi connectivity index (χ0) is 19.1. The third-order valence-electron chi connectivity index (χ3n) is 6.42. The molecule has 28 heavy (non-hydrogen) atoms. The molecule has 0 unspecified atom stereocenters. The number of hydrogen-bond donors (Lipinski definition) is 0. The lowest BCUT2D eigenvalue weighted by Crippen LogP contribution is -2.48. The summed E-state index contributed by atoms with van der Waals surface area (Å²) in [6, 6.07) is 4.26. The summed E-state index contributed by atoms with van der Waals surface area (Å²) in [6.07, 6.45) is 8.25. The first-order chi connectivity index (χ1) is 13.7. The Morgan fingerprint density at radius 2 is 1.82 bits per heavy atom. The summed E-state index contributed by atoms with van der Waals surface area (Å²) in [5.74, 6) is 1.54. The fourth-order valence-electron chi connectivity index (χ4n) is 5.10. The molecule has 0 amide bonds. The number of halogens is 1. The van der Waals surface area contributed by atoms with Gasteiger partial charge in [-0.3, -0.25) is 9.69 Å². The van der Waals surface area contributed by atoms with Crippen molar-refractivity contribution in [1.82, 2.24) is 19.4 Å². The van der Waals surface area contributed by atoms with Gasteiger partial charge in [0.25, 0.3) is 5.56 Å². The molecular weight excluding hydrogens is 374 g/mol. The van der Waals surface area contributed by atoms with E-state index in [0.717, 1.165) is 57.2 Å². The molecule has 0 saturated carbocycles. The second-order valence-electron chi connectivity index (χ2n) is 8.44. The van der Waals surface area contributed by atoms with Crippen molar-refractivity contribution in [3.63, 3.8) is 0 Å². The quantitative estimate of drug-likeness (QED) is 0.794. The van der Waals surface area contributed by atoms with E-state index >= 15 is 0 Å². The van der Waals surface area contributed by atoms with Gasteiger partial charge in [-0.05, 0) is 44.3 Å². The number of aromatic nitrogens is 3. The van der Waals surface area contributed by atoms with Gasteiger partial charge >= 0.3 is 0 Å². The summed E-state index contributed by atoms with van der Waals surface area (Å²) in [4.78, 5) is 26.6. The van der Waals surface area contributed by atoms with Crippen LogP contribution in [0.4, 0.5) is 5.95 Å². The van der Waals surface area contributed by atoms with E-state index < -0.39 is 0 Å². The molecular formula is C21H26ClN5O. The standard InChI is InChI=1S/C21H26ClN5O/c22-18-9-23-21(24-10-18)26-11-15-8-17(14-26)19-5-4-16(20(28)27(19)12-15)13-25-6-2-1-3-7-25/h4-5,9-10,15,17H,1-3,6-8,11-14H2/t15-,17+/m0/s1. The van der Waals surface area contributed by atoms with Crippen molar-refractivity contribution in [2.24, 2.45) is 5.92 Å². The summed E-state index contributed by atoms with van der Waals surface area (Å²) < 4.78 is 2.05. The Morgan fingerprint density at radius 3 is 2.61 bits per heavy atom. The molecule has 6 nitrogen and oxygen atoms in total. The average molecular weight is 400 g/mol. The Kier molecular flexibility index (Phi) is 4.85. The lowest BCUT2D eigenvalue weighted by molar-refractivity contribution is 0.218. The van der Waals surface area contributed by atoms with Crippen molar-refractivity contribution < 1.29 is 0 Å². The topological polar surface area (TPSA) is 54.3 Å². The molecule has 3 aliphatic rings. The van der Waals surface area contributed by atoms with E-state index in [1.807, 2.05) is 0 Å². The number of fused-ring (bicyclic) bond motifs is 4. The number of piperidine rings is 2. The first kappa shape index (κ1) is 18.1. The Labute approximate surface area is 170 Å². The zero-order valence-electron chi connectivity index (χ0n) is 16.1. The predicted molar refractivity (Wildman–Crippen MR) is 110 cm³/mol. The molecule has 2 saturated heterocycles. The van der Waals surface area contributed by atoms with Gasteiger partial charge in [0.2, 0.25) is 5.95 Å². The smallest absolute Gasteiger partial charge is 0.255 e. The Balaban J connectivity index is 1.39. The van der Waals surface area contributed by atoms with Crippen LogP contribution in [0.2, 0.25) is 5.02 Å². The van der Waals surface area contributed by atoms with Gasteiger partial charge in [-0.2, -0.15) is 0 Å². The molecule has 2 fully saturated rings. The van der Waals surface area contributed by atoms with Crippen LogP contribution in [0.15, 0.2) is 29.3 Å². The molecule has 2 aromatic heterocycles. The van der Waals surface area contributed by atoms with Gasteiger partial charge in [0, 0.05) is 43.4 Å². The van der Waals surface area contributed by atoms with Crippen molar-refractivity contribution in [3.05, 3.63) is 51.2 Å². The predicted octanol–water partition coefficient (Wildman–Crippen LogP) is 2.90. The zero-order valence-corrected chi connectivity index (χ0v) is 16.8. The maximum absolute atomic E-state index is 13.2. The molecule has 2 bridgehead atoms. The molecule has 148 valence electrons. The molecule has 5 heterocycles. The highest BCUT2D eigenvalue weighted by molar-refractivity contribution is 6.30. The number of hydrogen-bond acceptors (Lipinski definition) is 5. The van der Waals surface area contributed by atoms with Gasteiger partial charge in [0.1, 0.15) is 0 Å². The number of pyridine rings is 1. The highest BCUT2D eigenvalue weighted by Gasteiger charge is 2.35. The van der Waals surface area contributed by atoms with E-state index in [0.29, 0.717) is 16.9 Å². The molecule has 5 rings (SSSR count). The van der Waals surface area contributed by atoms with Crippen molar-refractivity contribution >= 4 is 17.5 Å². The lowest BCUT2D eigenvalue weighted by Gasteiger charge is -2.43. The van der Waals surface area contributed by atoms with Gasteiger partial charge in [0.15, 0.2) is 0 Å². The summed E-state index contributed by atoms with van der Waals surface area (Å²) in [5, 5.41) is 0.555. The van der Waals surface area contributed by atoms with Crippen LogP contribution in [-0.4, -0.2) is 45.6 Å². The summed E-state index contributed by atoms with van der Waals surface area (Å²) in [7, 11) is 0. The number of rotatable bonds is 3. The van der Waals surface area contributed by atoms with E-state index in [2.05, 4.69) is 36.5 Å². The fourth-order valence-corrected chi connectivity index (χ4v) is 5.20. The van der Waals surface area contributed by atoms with Gasteiger partial charge in [0.05, 0.1) is 17.4 Å². The second kappa shape index (κ2) is 7.48. The number of nitrogens with zero attached hydrogens (tertiary/aromatic N) is 5. The molecule has 2 aromatic rings. The van der Waals surface area contributed by atoms with Crippen LogP contribution in [0, 0.1) is 5.92 Å². The van der Waals surface area contributed by atoms with Gasteiger partial charge in [-0.15, -0.1) is 0 Å². The third-order valence-corrected chi connectivity index (χ3v) is 6.61. The van der Waals surface area contributed by atoms with Crippen LogP contribution < -0.4 is 10.5 Å². The maximum atomic E-state index is 13.2. The Bertz CT molecular complexity index is 906. The van der Waals surface area contributed by atoms with E-state index in [4.69, 9.17) is 11.6 Å². The number of likely N-dealkylation sites (tertiary alicyclic amines) is 1. The van der Waals surface area contributed by atoms with Gasteiger partial charge < -0.3 is 9.47 Å². The Hall–Kier alpha value is -1.92. The largest absolute Gasteiger partial charge is 0.340 e. The summed E-state index contributed by atoms with van der Waals surface area (Å²) in [6.45, 7) is 5.55. The van der Waals surface area contributed by atoms with E-state index in [1.54, 1.807) is 12.4 Å². The van der Waals surface area contributed by atoms with Crippen LogP contribution in [0.5, 0.6) is 0 Å². The van der Waals surface area contributed by atoms with Crippen LogP contribution in [0.1, 0.15) is 42.9 Å². The van der Waals surface area contributed by atoms with Crippen molar-refractivity contribution in [2.45, 2.75) is 44.7 Å². The second-order valence-corrected chi connectivity index (χ2v) is 8.88. The van der Waals surface area contributed by atoms with Crippen molar-refractivity contribution in [3.8, 4) is 0 Å². The molecule has 0 aliphatic carbocycles. The highest BCUT2D eigenvalue weighted by atomic mass is 35.5. The molecule has 0 aromatic carbocycles. The minimum atomic E-state index is 0.217. The van der Waals surface area contributed by atoms with Crippen LogP contribution in [-0.2, 0) is 13.1 Å². The third kappa shape index (κ3) is 3.44. The first-order valence-corrected chi connectivity index (χ1v) is 10.7. The maximum Gasteiger partial charge on any atom is 0.255 e. The normalized spacial score (nSPS) is 24.8. The molecule has 7 heteroatoms. The van der Waals surface area contributed by atoms with Gasteiger partial charge in [-0.1, -0.05) is 24.1 Å². The molecule has 0 spiro atoms. The monoisotopic (exact) mass is 399 g/mol.